The minimum Gasteiger partial charge on any atom is -0.330 e. The van der Waals surface area contributed by atoms with Crippen LogP contribution >= 0.6 is 0 Å². The Morgan fingerprint density at radius 1 is 1.09 bits per heavy atom. The molecular formula is C18H16F3NO. The van der Waals surface area contributed by atoms with Gasteiger partial charge >= 0.3 is 12.1 Å². The van der Waals surface area contributed by atoms with E-state index in [1.807, 2.05) is 49.4 Å². The van der Waals surface area contributed by atoms with Crippen molar-refractivity contribution in [1.29, 1.82) is 0 Å². The molecule has 0 N–H and O–H groups in total. The van der Waals surface area contributed by atoms with Crippen LogP contribution in [0.1, 0.15) is 16.7 Å². The van der Waals surface area contributed by atoms with Gasteiger partial charge in [0.05, 0.1) is 0 Å². The molecule has 1 heterocycles. The zero-order valence-electron chi connectivity index (χ0n) is 12.7. The van der Waals surface area contributed by atoms with E-state index >= 15 is 0 Å². The van der Waals surface area contributed by atoms with Crippen LogP contribution in [0.5, 0.6) is 0 Å². The molecule has 0 aliphatic carbocycles. The molecule has 0 atom stereocenters. The van der Waals surface area contributed by atoms with Gasteiger partial charge in [0.15, 0.2) is 0 Å². The van der Waals surface area contributed by atoms with Crippen molar-refractivity contribution in [3.63, 3.8) is 0 Å². The van der Waals surface area contributed by atoms with E-state index in [-0.39, 0.29) is 13.1 Å². The third-order valence-corrected chi connectivity index (χ3v) is 4.30. The van der Waals surface area contributed by atoms with Gasteiger partial charge in [-0.3, -0.25) is 4.79 Å². The molecule has 1 aliphatic heterocycles. The molecule has 2 aromatic carbocycles. The molecule has 0 spiro atoms. The van der Waals surface area contributed by atoms with Crippen LogP contribution in [0.2, 0.25) is 0 Å². The van der Waals surface area contributed by atoms with Gasteiger partial charge in [0, 0.05) is 13.1 Å². The third kappa shape index (κ3) is 2.96. The standard InChI is InChI=1S/C18H16F3NO/c1-12-15(13-5-3-2-4-6-13)8-7-14-11-22(10-9-16(12)14)17(23)18(19,20)21/h2-8H,9-11H2,1H3. The van der Waals surface area contributed by atoms with Gasteiger partial charge in [-0.05, 0) is 41.2 Å². The number of carbonyl (C=O) groups is 1. The number of benzene rings is 2. The van der Waals surface area contributed by atoms with Crippen molar-refractivity contribution >= 4 is 5.91 Å². The van der Waals surface area contributed by atoms with Crippen LogP contribution < -0.4 is 0 Å². The summed E-state index contributed by atoms with van der Waals surface area (Å²) < 4.78 is 37.7. The van der Waals surface area contributed by atoms with E-state index in [1.165, 1.54) is 0 Å². The quantitative estimate of drug-likeness (QED) is 0.774. The highest BCUT2D eigenvalue weighted by Gasteiger charge is 2.43. The van der Waals surface area contributed by atoms with E-state index in [2.05, 4.69) is 0 Å². The Hall–Kier alpha value is -2.30. The fourth-order valence-electron chi connectivity index (χ4n) is 3.12. The van der Waals surface area contributed by atoms with E-state index in [0.717, 1.165) is 32.7 Å². The lowest BCUT2D eigenvalue weighted by atomic mass is 9.89. The van der Waals surface area contributed by atoms with Crippen LogP contribution in [0.4, 0.5) is 13.2 Å². The molecule has 2 nitrogen and oxygen atoms in total. The smallest absolute Gasteiger partial charge is 0.330 e. The number of fused-ring (bicyclic) bond motifs is 1. The molecular weight excluding hydrogens is 303 g/mol. The first-order valence-electron chi connectivity index (χ1n) is 7.41. The fourth-order valence-corrected chi connectivity index (χ4v) is 3.12. The number of alkyl halides is 3. The van der Waals surface area contributed by atoms with E-state index < -0.39 is 12.1 Å². The molecule has 0 bridgehead atoms. The predicted octanol–water partition coefficient (Wildman–Crippen LogP) is 4.11. The molecule has 5 heteroatoms. The Labute approximate surface area is 132 Å². The lowest BCUT2D eigenvalue weighted by Gasteiger charge is -2.31. The zero-order valence-corrected chi connectivity index (χ0v) is 12.7. The molecule has 0 radical (unpaired) electrons. The minimum absolute atomic E-state index is 0.0174. The van der Waals surface area contributed by atoms with Crippen LogP contribution in [0, 0.1) is 6.92 Å². The van der Waals surface area contributed by atoms with Gasteiger partial charge in [0.25, 0.3) is 0 Å². The summed E-state index contributed by atoms with van der Waals surface area (Å²) in [4.78, 5) is 12.3. The summed E-state index contributed by atoms with van der Waals surface area (Å²) in [7, 11) is 0. The Morgan fingerprint density at radius 3 is 2.43 bits per heavy atom. The second-order valence-electron chi connectivity index (χ2n) is 5.72. The first-order valence-corrected chi connectivity index (χ1v) is 7.41. The maximum Gasteiger partial charge on any atom is 0.471 e. The summed E-state index contributed by atoms with van der Waals surface area (Å²) >= 11 is 0. The lowest BCUT2D eigenvalue weighted by Crippen LogP contribution is -2.43. The van der Waals surface area contributed by atoms with E-state index in [4.69, 9.17) is 0 Å². The molecule has 3 rings (SSSR count). The molecule has 23 heavy (non-hydrogen) atoms. The summed E-state index contributed by atoms with van der Waals surface area (Å²) in [5.74, 6) is -1.76. The highest BCUT2D eigenvalue weighted by atomic mass is 19.4. The topological polar surface area (TPSA) is 20.3 Å². The first kappa shape index (κ1) is 15.6. The second kappa shape index (κ2) is 5.72. The van der Waals surface area contributed by atoms with E-state index in [0.29, 0.717) is 6.42 Å². The van der Waals surface area contributed by atoms with Gasteiger partial charge in [0.1, 0.15) is 0 Å². The maximum atomic E-state index is 12.6. The van der Waals surface area contributed by atoms with Crippen LogP contribution in [0.3, 0.4) is 0 Å². The number of amides is 1. The first-order chi connectivity index (χ1) is 10.9. The molecule has 0 saturated heterocycles. The van der Waals surface area contributed by atoms with Gasteiger partial charge in [0.2, 0.25) is 0 Å². The highest BCUT2D eigenvalue weighted by molar-refractivity contribution is 5.82. The van der Waals surface area contributed by atoms with Crippen LogP contribution in [0.15, 0.2) is 42.5 Å². The fraction of sp³-hybridized carbons (Fsp3) is 0.278. The molecule has 120 valence electrons. The largest absolute Gasteiger partial charge is 0.471 e. The third-order valence-electron chi connectivity index (χ3n) is 4.30. The summed E-state index contributed by atoms with van der Waals surface area (Å²) in [6.45, 7) is 2.11. The average Bonchev–Trinajstić information content (AvgIpc) is 2.54. The lowest BCUT2D eigenvalue weighted by molar-refractivity contribution is -0.186. The number of hydrogen-bond acceptors (Lipinski definition) is 1. The zero-order chi connectivity index (χ0) is 16.6. The van der Waals surface area contributed by atoms with Crippen LogP contribution in [0.25, 0.3) is 11.1 Å². The number of nitrogens with zero attached hydrogens (tertiary/aromatic N) is 1. The van der Waals surface area contributed by atoms with Crippen molar-refractivity contribution in [1.82, 2.24) is 4.90 Å². The summed E-state index contributed by atoms with van der Waals surface area (Å²) in [6, 6.07) is 13.6. The highest BCUT2D eigenvalue weighted by Crippen LogP contribution is 2.32. The molecule has 0 saturated carbocycles. The SMILES string of the molecule is Cc1c(-c2ccccc2)ccc2c1CCN(C(=O)C(F)(F)F)C2. The normalized spacial score (nSPS) is 14.5. The Morgan fingerprint density at radius 2 is 1.78 bits per heavy atom. The number of carbonyl (C=O) groups excluding carboxylic acids is 1. The Bertz CT molecular complexity index is 738. The van der Waals surface area contributed by atoms with Crippen molar-refractivity contribution in [2.24, 2.45) is 0 Å². The van der Waals surface area contributed by atoms with Crippen molar-refractivity contribution in [2.75, 3.05) is 6.54 Å². The summed E-state index contributed by atoms with van der Waals surface area (Å²) in [5, 5.41) is 0. The van der Waals surface area contributed by atoms with Gasteiger partial charge in [-0.2, -0.15) is 13.2 Å². The Balaban J connectivity index is 1.92. The number of halogens is 3. The monoisotopic (exact) mass is 319 g/mol. The molecule has 0 aromatic heterocycles. The van der Waals surface area contributed by atoms with Gasteiger partial charge in [-0.25, -0.2) is 0 Å². The van der Waals surface area contributed by atoms with E-state index in [9.17, 15) is 18.0 Å². The summed E-state index contributed by atoms with van der Waals surface area (Å²) in [5.41, 5.74) is 5.10. The van der Waals surface area contributed by atoms with Gasteiger partial charge < -0.3 is 4.90 Å². The number of rotatable bonds is 1. The second-order valence-corrected chi connectivity index (χ2v) is 5.72. The van der Waals surface area contributed by atoms with Crippen LogP contribution in [-0.2, 0) is 17.8 Å². The van der Waals surface area contributed by atoms with Gasteiger partial charge in [-0.15, -0.1) is 0 Å². The van der Waals surface area contributed by atoms with Crippen LogP contribution in [-0.4, -0.2) is 23.5 Å². The van der Waals surface area contributed by atoms with E-state index in [1.54, 1.807) is 0 Å². The summed E-state index contributed by atoms with van der Waals surface area (Å²) in [6.07, 6.45) is -4.36. The van der Waals surface area contributed by atoms with Crippen molar-refractivity contribution in [3.8, 4) is 11.1 Å². The molecule has 0 unspecified atom stereocenters. The van der Waals surface area contributed by atoms with Crippen molar-refractivity contribution in [2.45, 2.75) is 26.1 Å². The van der Waals surface area contributed by atoms with Crippen molar-refractivity contribution in [3.05, 3.63) is 59.2 Å². The molecule has 1 aliphatic rings. The molecule has 2 aromatic rings. The number of hydrogen-bond donors (Lipinski definition) is 0. The van der Waals surface area contributed by atoms with Gasteiger partial charge in [-0.1, -0.05) is 42.5 Å². The minimum atomic E-state index is -4.81. The predicted molar refractivity (Wildman–Crippen MR) is 81.8 cm³/mol. The van der Waals surface area contributed by atoms with Crippen molar-refractivity contribution < 1.29 is 18.0 Å². The molecule has 1 amide bonds. The molecule has 0 fully saturated rings. The Kier molecular flexibility index (Phi) is 3.88. The maximum absolute atomic E-state index is 12.6. The average molecular weight is 319 g/mol.